The summed E-state index contributed by atoms with van der Waals surface area (Å²) in [5.74, 6) is -0.249. The van der Waals surface area contributed by atoms with E-state index >= 15 is 0 Å². The molecule has 0 saturated heterocycles. The van der Waals surface area contributed by atoms with E-state index in [0.29, 0.717) is 10.9 Å². The predicted octanol–water partition coefficient (Wildman–Crippen LogP) is 2.65. The second kappa shape index (κ2) is 6.04. The largest absolute Gasteiger partial charge is 0.324 e. The van der Waals surface area contributed by atoms with Gasteiger partial charge in [0, 0.05) is 5.69 Å². The summed E-state index contributed by atoms with van der Waals surface area (Å²) < 4.78 is 1.32. The van der Waals surface area contributed by atoms with E-state index < -0.39 is 0 Å². The lowest BCUT2D eigenvalue weighted by Gasteiger charge is -2.12. The van der Waals surface area contributed by atoms with Gasteiger partial charge < -0.3 is 5.32 Å². The number of carbonyl (C=O) groups is 1. The molecule has 3 aromatic rings. The van der Waals surface area contributed by atoms with Gasteiger partial charge in [-0.25, -0.2) is 4.98 Å². The van der Waals surface area contributed by atoms with Crippen LogP contribution in [0.1, 0.15) is 11.1 Å². The highest BCUT2D eigenvalue weighted by Crippen LogP contribution is 2.19. The van der Waals surface area contributed by atoms with E-state index in [4.69, 9.17) is 0 Å². The quantitative estimate of drug-likeness (QED) is 0.809. The van der Waals surface area contributed by atoms with Gasteiger partial charge in [-0.1, -0.05) is 30.3 Å². The molecule has 2 aromatic carbocycles. The minimum atomic E-state index is -0.249. The van der Waals surface area contributed by atoms with Gasteiger partial charge in [-0.05, 0) is 37.1 Å². The second-order valence-electron chi connectivity index (χ2n) is 5.51. The number of aryl methyl sites for hydroxylation is 2. The minimum Gasteiger partial charge on any atom is -0.324 e. The molecule has 3 rings (SSSR count). The van der Waals surface area contributed by atoms with Crippen LogP contribution in [0.5, 0.6) is 0 Å². The highest BCUT2D eigenvalue weighted by molar-refractivity contribution is 5.92. The van der Waals surface area contributed by atoms with Crippen LogP contribution in [0.4, 0.5) is 5.69 Å². The standard InChI is InChI=1S/C18H17N3O2/c1-12-6-5-7-13(2)17(12)20-16(22)10-21-11-19-15-9-4-3-8-14(15)18(21)23/h3-9,11H,10H2,1-2H3,(H,20,22). The molecule has 0 saturated carbocycles. The average Bonchev–Trinajstić information content (AvgIpc) is 2.54. The van der Waals surface area contributed by atoms with Crippen molar-refractivity contribution in [1.82, 2.24) is 9.55 Å². The molecule has 5 nitrogen and oxygen atoms in total. The molecule has 0 bridgehead atoms. The first-order valence-corrected chi connectivity index (χ1v) is 7.36. The number of para-hydroxylation sites is 2. The summed E-state index contributed by atoms with van der Waals surface area (Å²) in [5.41, 5.74) is 3.18. The van der Waals surface area contributed by atoms with Crippen LogP contribution in [-0.2, 0) is 11.3 Å². The van der Waals surface area contributed by atoms with Crippen LogP contribution < -0.4 is 10.9 Å². The van der Waals surface area contributed by atoms with Crippen molar-refractivity contribution in [2.75, 3.05) is 5.32 Å². The Bertz CT molecular complexity index is 924. The first kappa shape index (κ1) is 15.0. The second-order valence-corrected chi connectivity index (χ2v) is 5.51. The predicted molar refractivity (Wildman–Crippen MR) is 90.5 cm³/mol. The van der Waals surface area contributed by atoms with Gasteiger partial charge in [-0.2, -0.15) is 0 Å². The molecule has 0 aliphatic heterocycles. The summed E-state index contributed by atoms with van der Waals surface area (Å²) in [4.78, 5) is 28.9. The zero-order chi connectivity index (χ0) is 16.4. The first-order chi connectivity index (χ1) is 11.1. The number of aromatic nitrogens is 2. The molecule has 0 unspecified atom stereocenters. The number of nitrogens with zero attached hydrogens (tertiary/aromatic N) is 2. The molecule has 1 aromatic heterocycles. The maximum absolute atomic E-state index is 12.4. The summed E-state index contributed by atoms with van der Waals surface area (Å²) in [6.45, 7) is 3.81. The average molecular weight is 307 g/mol. The van der Waals surface area contributed by atoms with Crippen LogP contribution in [0.15, 0.2) is 53.6 Å². The molecule has 0 atom stereocenters. The van der Waals surface area contributed by atoms with Gasteiger partial charge in [0.15, 0.2) is 0 Å². The van der Waals surface area contributed by atoms with Gasteiger partial charge in [-0.3, -0.25) is 14.2 Å². The number of fused-ring (bicyclic) bond motifs is 1. The molecule has 0 aliphatic rings. The van der Waals surface area contributed by atoms with Gasteiger partial charge in [0.2, 0.25) is 5.91 Å². The van der Waals surface area contributed by atoms with Crippen LogP contribution in [0.3, 0.4) is 0 Å². The smallest absolute Gasteiger partial charge is 0.261 e. The molecule has 0 fully saturated rings. The number of hydrogen-bond acceptors (Lipinski definition) is 3. The SMILES string of the molecule is Cc1cccc(C)c1NC(=O)Cn1cnc2ccccc2c1=O. The van der Waals surface area contributed by atoms with E-state index in [9.17, 15) is 9.59 Å². The summed E-state index contributed by atoms with van der Waals surface area (Å²) in [7, 11) is 0. The van der Waals surface area contributed by atoms with Crippen molar-refractivity contribution in [2.45, 2.75) is 20.4 Å². The number of rotatable bonds is 3. The molecule has 116 valence electrons. The van der Waals surface area contributed by atoms with Crippen LogP contribution >= 0.6 is 0 Å². The number of hydrogen-bond donors (Lipinski definition) is 1. The number of amides is 1. The lowest BCUT2D eigenvalue weighted by Crippen LogP contribution is -2.28. The van der Waals surface area contributed by atoms with Gasteiger partial charge in [0.05, 0.1) is 17.2 Å². The Kier molecular flexibility index (Phi) is 3.93. The molecular weight excluding hydrogens is 290 g/mol. The number of anilines is 1. The number of carbonyl (C=O) groups excluding carboxylic acids is 1. The van der Waals surface area contributed by atoms with Crippen molar-refractivity contribution in [1.29, 1.82) is 0 Å². The third-order valence-corrected chi connectivity index (χ3v) is 3.79. The van der Waals surface area contributed by atoms with Crippen molar-refractivity contribution >= 4 is 22.5 Å². The summed E-state index contributed by atoms with van der Waals surface area (Å²) in [6, 6.07) is 12.9. The maximum atomic E-state index is 12.4. The lowest BCUT2D eigenvalue weighted by molar-refractivity contribution is -0.116. The summed E-state index contributed by atoms with van der Waals surface area (Å²) in [6.07, 6.45) is 1.41. The van der Waals surface area contributed by atoms with Crippen molar-refractivity contribution in [2.24, 2.45) is 0 Å². The Morgan fingerprint density at radius 2 is 1.78 bits per heavy atom. The van der Waals surface area contributed by atoms with Gasteiger partial charge in [0.1, 0.15) is 6.54 Å². The molecule has 1 N–H and O–H groups in total. The topological polar surface area (TPSA) is 64.0 Å². The van der Waals surface area contributed by atoms with Crippen LogP contribution in [0.25, 0.3) is 10.9 Å². The van der Waals surface area contributed by atoms with E-state index in [2.05, 4.69) is 10.3 Å². The zero-order valence-corrected chi connectivity index (χ0v) is 13.0. The van der Waals surface area contributed by atoms with E-state index in [1.54, 1.807) is 18.2 Å². The van der Waals surface area contributed by atoms with Crippen molar-refractivity contribution in [3.05, 3.63) is 70.3 Å². The van der Waals surface area contributed by atoms with E-state index in [1.165, 1.54) is 10.9 Å². The number of nitrogens with one attached hydrogen (secondary N) is 1. The fraction of sp³-hybridized carbons (Fsp3) is 0.167. The van der Waals surface area contributed by atoms with Crippen LogP contribution in [0.2, 0.25) is 0 Å². The normalized spacial score (nSPS) is 10.7. The van der Waals surface area contributed by atoms with Crippen molar-refractivity contribution in [3.63, 3.8) is 0 Å². The van der Waals surface area contributed by atoms with Gasteiger partial charge in [-0.15, -0.1) is 0 Å². The lowest BCUT2D eigenvalue weighted by atomic mass is 10.1. The summed E-state index contributed by atoms with van der Waals surface area (Å²) in [5, 5.41) is 3.38. The zero-order valence-electron chi connectivity index (χ0n) is 13.0. The number of benzene rings is 2. The molecular formula is C18H17N3O2. The molecule has 0 radical (unpaired) electrons. The van der Waals surface area contributed by atoms with E-state index in [0.717, 1.165) is 16.8 Å². The Labute approximate surface area is 133 Å². The third kappa shape index (κ3) is 2.99. The molecule has 23 heavy (non-hydrogen) atoms. The monoisotopic (exact) mass is 307 g/mol. The minimum absolute atomic E-state index is 0.0650. The van der Waals surface area contributed by atoms with Gasteiger partial charge >= 0.3 is 0 Å². The molecule has 0 spiro atoms. The Balaban J connectivity index is 1.86. The molecule has 1 heterocycles. The fourth-order valence-electron chi connectivity index (χ4n) is 2.56. The fourth-order valence-corrected chi connectivity index (χ4v) is 2.56. The Morgan fingerprint density at radius 3 is 2.52 bits per heavy atom. The Morgan fingerprint density at radius 1 is 1.09 bits per heavy atom. The molecule has 5 heteroatoms. The van der Waals surface area contributed by atoms with Crippen LogP contribution in [0, 0.1) is 13.8 Å². The first-order valence-electron chi connectivity index (χ1n) is 7.36. The Hall–Kier alpha value is -2.95. The summed E-state index contributed by atoms with van der Waals surface area (Å²) >= 11 is 0. The van der Waals surface area contributed by atoms with Gasteiger partial charge in [0.25, 0.3) is 5.56 Å². The van der Waals surface area contributed by atoms with E-state index in [-0.39, 0.29) is 18.0 Å². The van der Waals surface area contributed by atoms with Crippen LogP contribution in [-0.4, -0.2) is 15.5 Å². The van der Waals surface area contributed by atoms with E-state index in [1.807, 2.05) is 38.1 Å². The van der Waals surface area contributed by atoms with Crippen molar-refractivity contribution in [3.8, 4) is 0 Å². The highest BCUT2D eigenvalue weighted by Gasteiger charge is 2.10. The highest BCUT2D eigenvalue weighted by atomic mass is 16.2. The third-order valence-electron chi connectivity index (χ3n) is 3.79. The molecule has 1 amide bonds. The van der Waals surface area contributed by atoms with Crippen molar-refractivity contribution < 1.29 is 4.79 Å². The molecule has 0 aliphatic carbocycles. The maximum Gasteiger partial charge on any atom is 0.261 e.